The monoisotopic (exact) mass is 368 g/mol. The van der Waals surface area contributed by atoms with E-state index < -0.39 is 0 Å². The van der Waals surface area contributed by atoms with Crippen LogP contribution in [0.5, 0.6) is 11.5 Å². The summed E-state index contributed by atoms with van der Waals surface area (Å²) >= 11 is 0. The number of hydrogen-bond donors (Lipinski definition) is 2. The van der Waals surface area contributed by atoms with Crippen LogP contribution in [-0.2, 0) is 6.54 Å². The number of halogens is 1. The number of aromatic nitrogens is 2. The van der Waals surface area contributed by atoms with E-state index in [1.54, 1.807) is 37.6 Å². The summed E-state index contributed by atoms with van der Waals surface area (Å²) in [6.07, 6.45) is 1.64. The Morgan fingerprint density at radius 1 is 0.963 bits per heavy atom. The first-order valence-electron chi connectivity index (χ1n) is 8.55. The molecule has 0 spiro atoms. The van der Waals surface area contributed by atoms with Crippen molar-refractivity contribution in [1.29, 1.82) is 0 Å². The highest BCUT2D eigenvalue weighted by Crippen LogP contribution is 2.17. The minimum absolute atomic E-state index is 0.255. The maximum atomic E-state index is 13.6. The molecular weight excluding hydrogens is 347 g/mol. The minimum Gasteiger partial charge on any atom is -0.497 e. The highest BCUT2D eigenvalue weighted by Gasteiger charge is 2.03. The lowest BCUT2D eigenvalue weighted by atomic mass is 10.2. The molecule has 0 atom stereocenters. The Hall–Kier alpha value is -3.35. The van der Waals surface area contributed by atoms with Crippen molar-refractivity contribution >= 4 is 11.8 Å². The lowest BCUT2D eigenvalue weighted by Gasteiger charge is -2.10. The fourth-order valence-corrected chi connectivity index (χ4v) is 2.38. The summed E-state index contributed by atoms with van der Waals surface area (Å²) in [7, 11) is 1.63. The first-order valence-corrected chi connectivity index (χ1v) is 8.55. The second-order valence-corrected chi connectivity index (χ2v) is 5.66. The summed E-state index contributed by atoms with van der Waals surface area (Å²) in [5, 5.41) is 6.20. The number of ether oxygens (including phenoxy) is 2. The van der Waals surface area contributed by atoms with Gasteiger partial charge in [-0.25, -0.2) is 9.37 Å². The van der Waals surface area contributed by atoms with Gasteiger partial charge in [-0.05, 0) is 36.4 Å². The van der Waals surface area contributed by atoms with Crippen molar-refractivity contribution in [2.75, 3.05) is 30.9 Å². The van der Waals surface area contributed by atoms with Crippen LogP contribution in [0.2, 0.25) is 0 Å². The van der Waals surface area contributed by atoms with E-state index in [1.165, 1.54) is 6.07 Å². The Morgan fingerprint density at radius 2 is 1.74 bits per heavy atom. The lowest BCUT2D eigenvalue weighted by molar-refractivity contribution is 0.331. The maximum Gasteiger partial charge on any atom is 0.224 e. The third kappa shape index (κ3) is 5.57. The second-order valence-electron chi connectivity index (χ2n) is 5.66. The van der Waals surface area contributed by atoms with Gasteiger partial charge in [-0.15, -0.1) is 0 Å². The molecule has 0 aliphatic carbocycles. The van der Waals surface area contributed by atoms with E-state index in [-0.39, 0.29) is 5.82 Å². The topological polar surface area (TPSA) is 68.3 Å². The Labute approximate surface area is 157 Å². The van der Waals surface area contributed by atoms with Crippen LogP contribution in [0.25, 0.3) is 0 Å². The lowest BCUT2D eigenvalue weighted by Crippen LogP contribution is -2.13. The van der Waals surface area contributed by atoms with E-state index in [9.17, 15) is 4.39 Å². The molecule has 140 valence electrons. The number of rotatable bonds is 9. The molecule has 0 bridgehead atoms. The van der Waals surface area contributed by atoms with Crippen molar-refractivity contribution in [3.05, 3.63) is 72.2 Å². The van der Waals surface area contributed by atoms with Gasteiger partial charge < -0.3 is 20.1 Å². The molecule has 0 aliphatic rings. The molecule has 0 saturated heterocycles. The molecule has 0 fully saturated rings. The Kier molecular flexibility index (Phi) is 6.40. The number of nitrogens with zero attached hydrogens (tertiary/aromatic N) is 2. The molecular formula is C20H21FN4O2. The number of nitrogens with one attached hydrogen (secondary N) is 2. The molecule has 0 radical (unpaired) electrons. The Bertz CT molecular complexity index is 859. The van der Waals surface area contributed by atoms with Gasteiger partial charge in [0.15, 0.2) is 0 Å². The van der Waals surface area contributed by atoms with Crippen molar-refractivity contribution in [2.45, 2.75) is 6.54 Å². The molecule has 6 nitrogen and oxygen atoms in total. The first kappa shape index (κ1) is 18.4. The molecule has 2 aromatic carbocycles. The molecule has 3 rings (SSSR count). The second kappa shape index (κ2) is 9.38. The quantitative estimate of drug-likeness (QED) is 0.561. The summed E-state index contributed by atoms with van der Waals surface area (Å²) < 4.78 is 24.4. The van der Waals surface area contributed by atoms with Crippen molar-refractivity contribution in [2.24, 2.45) is 0 Å². The van der Waals surface area contributed by atoms with Crippen molar-refractivity contribution in [3.8, 4) is 11.5 Å². The standard InChI is InChI=1S/C20H21FN4O2/c1-26-16-6-8-17(9-7-16)27-13-12-22-19-10-11-23-20(25-19)24-14-15-4-2-3-5-18(15)21/h2-11H,12-14H2,1H3,(H2,22,23,24,25). The summed E-state index contributed by atoms with van der Waals surface area (Å²) in [5.74, 6) is 2.40. The Balaban J connectivity index is 1.45. The van der Waals surface area contributed by atoms with Gasteiger partial charge >= 0.3 is 0 Å². The van der Waals surface area contributed by atoms with E-state index >= 15 is 0 Å². The molecule has 0 unspecified atom stereocenters. The van der Waals surface area contributed by atoms with E-state index in [1.807, 2.05) is 24.3 Å². The van der Waals surface area contributed by atoms with Crippen molar-refractivity contribution < 1.29 is 13.9 Å². The van der Waals surface area contributed by atoms with Crippen LogP contribution < -0.4 is 20.1 Å². The van der Waals surface area contributed by atoms with Crippen LogP contribution in [-0.4, -0.2) is 30.2 Å². The Morgan fingerprint density at radius 3 is 2.52 bits per heavy atom. The summed E-state index contributed by atoms with van der Waals surface area (Å²) in [6.45, 7) is 1.38. The highest BCUT2D eigenvalue weighted by molar-refractivity contribution is 5.40. The van der Waals surface area contributed by atoms with Gasteiger partial charge in [0.25, 0.3) is 0 Å². The van der Waals surface area contributed by atoms with Crippen molar-refractivity contribution in [3.63, 3.8) is 0 Å². The van der Waals surface area contributed by atoms with E-state index in [0.29, 0.717) is 37.0 Å². The van der Waals surface area contributed by atoms with Gasteiger partial charge in [0.1, 0.15) is 29.7 Å². The van der Waals surface area contributed by atoms with E-state index in [4.69, 9.17) is 9.47 Å². The van der Waals surface area contributed by atoms with E-state index in [0.717, 1.165) is 11.5 Å². The van der Waals surface area contributed by atoms with Gasteiger partial charge in [0.2, 0.25) is 5.95 Å². The summed E-state index contributed by atoms with van der Waals surface area (Å²) in [5.41, 5.74) is 0.562. The number of hydrogen-bond acceptors (Lipinski definition) is 6. The molecule has 1 heterocycles. The SMILES string of the molecule is COc1ccc(OCCNc2ccnc(NCc3ccccc3F)n2)cc1. The third-order valence-electron chi connectivity index (χ3n) is 3.79. The zero-order chi connectivity index (χ0) is 18.9. The molecule has 27 heavy (non-hydrogen) atoms. The largest absolute Gasteiger partial charge is 0.497 e. The van der Waals surface area contributed by atoms with Gasteiger partial charge in [-0.3, -0.25) is 0 Å². The van der Waals surface area contributed by atoms with Crippen LogP contribution >= 0.6 is 0 Å². The van der Waals surface area contributed by atoms with Crippen LogP contribution in [0.15, 0.2) is 60.8 Å². The van der Waals surface area contributed by atoms with Gasteiger partial charge in [0, 0.05) is 18.3 Å². The number of anilines is 2. The maximum absolute atomic E-state index is 13.6. The van der Waals surface area contributed by atoms with Crippen LogP contribution in [0.4, 0.5) is 16.2 Å². The molecule has 1 aromatic heterocycles. The summed E-state index contributed by atoms with van der Waals surface area (Å²) in [6, 6.07) is 15.8. The fraction of sp³-hybridized carbons (Fsp3) is 0.200. The minimum atomic E-state index is -0.255. The fourth-order valence-electron chi connectivity index (χ4n) is 2.38. The van der Waals surface area contributed by atoms with Crippen LogP contribution in [0, 0.1) is 5.82 Å². The molecule has 0 aliphatic heterocycles. The zero-order valence-corrected chi connectivity index (χ0v) is 15.0. The average molecular weight is 368 g/mol. The third-order valence-corrected chi connectivity index (χ3v) is 3.79. The van der Waals surface area contributed by atoms with Crippen LogP contribution in [0.1, 0.15) is 5.56 Å². The van der Waals surface area contributed by atoms with Gasteiger partial charge in [-0.2, -0.15) is 4.98 Å². The smallest absolute Gasteiger partial charge is 0.224 e. The van der Waals surface area contributed by atoms with Gasteiger partial charge in [-0.1, -0.05) is 18.2 Å². The molecule has 0 saturated carbocycles. The normalized spacial score (nSPS) is 10.3. The molecule has 2 N–H and O–H groups in total. The predicted octanol–water partition coefficient (Wildman–Crippen LogP) is 3.73. The zero-order valence-electron chi connectivity index (χ0n) is 15.0. The number of benzene rings is 2. The van der Waals surface area contributed by atoms with Gasteiger partial charge in [0.05, 0.1) is 13.7 Å². The first-order chi connectivity index (χ1) is 13.2. The number of methoxy groups -OCH3 is 1. The van der Waals surface area contributed by atoms with Crippen LogP contribution in [0.3, 0.4) is 0 Å². The summed E-state index contributed by atoms with van der Waals surface area (Å²) in [4.78, 5) is 8.51. The molecule has 3 aromatic rings. The average Bonchev–Trinajstić information content (AvgIpc) is 2.71. The molecule has 7 heteroatoms. The van der Waals surface area contributed by atoms with Crippen molar-refractivity contribution in [1.82, 2.24) is 9.97 Å². The molecule has 0 amide bonds. The van der Waals surface area contributed by atoms with E-state index in [2.05, 4.69) is 20.6 Å². The predicted molar refractivity (Wildman–Crippen MR) is 103 cm³/mol. The highest BCUT2D eigenvalue weighted by atomic mass is 19.1.